The molecule has 1 rings (SSSR count). The Labute approximate surface area is 113 Å². The van der Waals surface area contributed by atoms with Gasteiger partial charge in [-0.15, -0.1) is 0 Å². The Bertz CT molecular complexity index is 481. The van der Waals surface area contributed by atoms with E-state index in [1.165, 1.54) is 12.1 Å². The molecule has 104 valence electrons. The van der Waals surface area contributed by atoms with Crippen LogP contribution in [0.4, 0.5) is 0 Å². The molecule has 5 nitrogen and oxygen atoms in total. The summed E-state index contributed by atoms with van der Waals surface area (Å²) in [5, 5.41) is 11.8. The van der Waals surface area contributed by atoms with Crippen molar-refractivity contribution in [1.82, 2.24) is 10.2 Å². The Morgan fingerprint density at radius 2 is 1.74 bits per heavy atom. The van der Waals surface area contributed by atoms with Crippen molar-refractivity contribution in [1.29, 1.82) is 0 Å². The lowest BCUT2D eigenvalue weighted by molar-refractivity contribution is 0.0690. The fourth-order valence-electron chi connectivity index (χ4n) is 1.42. The van der Waals surface area contributed by atoms with E-state index in [4.69, 9.17) is 5.11 Å². The summed E-state index contributed by atoms with van der Waals surface area (Å²) in [6.45, 7) is 4.43. The second-order valence-electron chi connectivity index (χ2n) is 5.24. The molecule has 5 heteroatoms. The molecule has 19 heavy (non-hydrogen) atoms. The van der Waals surface area contributed by atoms with E-state index in [9.17, 15) is 9.59 Å². The summed E-state index contributed by atoms with van der Waals surface area (Å²) in [5.41, 5.74) is 0.000557. The van der Waals surface area contributed by atoms with Crippen molar-refractivity contribution in [3.63, 3.8) is 0 Å². The average molecular weight is 264 g/mol. The first-order valence-corrected chi connectivity index (χ1v) is 6.03. The van der Waals surface area contributed by atoms with Gasteiger partial charge < -0.3 is 15.3 Å². The molecule has 0 unspecified atom stereocenters. The first kappa shape index (κ1) is 15.2. The molecule has 0 spiro atoms. The molecule has 0 radical (unpaired) electrons. The summed E-state index contributed by atoms with van der Waals surface area (Å²) in [5.74, 6) is -1.47. The minimum Gasteiger partial charge on any atom is -0.478 e. The molecule has 1 aromatic rings. The fourth-order valence-corrected chi connectivity index (χ4v) is 1.42. The summed E-state index contributed by atoms with van der Waals surface area (Å²) < 4.78 is 0. The number of nitrogens with one attached hydrogen (secondary N) is 1. The van der Waals surface area contributed by atoms with Gasteiger partial charge in [-0.3, -0.25) is 4.79 Å². The number of rotatable bonds is 5. The molecule has 2 N–H and O–H groups in total. The largest absolute Gasteiger partial charge is 0.478 e. The van der Waals surface area contributed by atoms with E-state index < -0.39 is 5.97 Å². The van der Waals surface area contributed by atoms with Crippen LogP contribution < -0.4 is 5.32 Å². The van der Waals surface area contributed by atoms with Gasteiger partial charge in [0.2, 0.25) is 0 Å². The zero-order valence-electron chi connectivity index (χ0n) is 11.7. The fraction of sp³-hybridized carbons (Fsp3) is 0.429. The van der Waals surface area contributed by atoms with Crippen molar-refractivity contribution >= 4 is 11.9 Å². The zero-order valence-corrected chi connectivity index (χ0v) is 11.7. The third-order valence-corrected chi connectivity index (χ3v) is 3.29. The minimum atomic E-state index is -1.10. The summed E-state index contributed by atoms with van der Waals surface area (Å²) in [6, 6.07) is 6.19. The minimum absolute atomic E-state index is 0.0164. The van der Waals surface area contributed by atoms with Crippen LogP contribution in [0.1, 0.15) is 34.6 Å². The number of hydrogen-bond donors (Lipinski definition) is 2. The van der Waals surface area contributed by atoms with Crippen LogP contribution in [-0.4, -0.2) is 48.1 Å². The Morgan fingerprint density at radius 3 is 2.21 bits per heavy atom. The molecule has 1 aromatic carbocycles. The maximum absolute atomic E-state index is 12.0. The molecular weight excluding hydrogens is 244 g/mol. The molecule has 0 atom stereocenters. The zero-order chi connectivity index (χ0) is 14.6. The number of nitrogens with zero attached hydrogens (tertiary/aromatic N) is 1. The highest BCUT2D eigenvalue weighted by atomic mass is 16.4. The second-order valence-corrected chi connectivity index (χ2v) is 5.24. The highest BCUT2D eigenvalue weighted by molar-refractivity contribution is 6.04. The predicted octanol–water partition coefficient (Wildman–Crippen LogP) is 1.45. The Morgan fingerprint density at radius 1 is 1.21 bits per heavy atom. The van der Waals surface area contributed by atoms with Crippen molar-refractivity contribution in [2.75, 3.05) is 20.6 Å². The lowest BCUT2D eigenvalue weighted by atomic mass is 10.0. The predicted molar refractivity (Wildman–Crippen MR) is 73.5 cm³/mol. The van der Waals surface area contributed by atoms with Gasteiger partial charge in [0.1, 0.15) is 0 Å². The van der Waals surface area contributed by atoms with Gasteiger partial charge in [0.25, 0.3) is 5.91 Å². The monoisotopic (exact) mass is 264 g/mol. The van der Waals surface area contributed by atoms with Gasteiger partial charge in [0.05, 0.1) is 11.1 Å². The van der Waals surface area contributed by atoms with E-state index in [0.717, 1.165) is 0 Å². The number of hydrogen-bond acceptors (Lipinski definition) is 3. The van der Waals surface area contributed by atoms with E-state index >= 15 is 0 Å². The van der Waals surface area contributed by atoms with E-state index in [2.05, 4.69) is 5.32 Å². The quantitative estimate of drug-likeness (QED) is 0.844. The maximum Gasteiger partial charge on any atom is 0.336 e. The lowest BCUT2D eigenvalue weighted by Crippen LogP contribution is -2.48. The van der Waals surface area contributed by atoms with Crippen molar-refractivity contribution in [2.24, 2.45) is 0 Å². The van der Waals surface area contributed by atoms with Crippen LogP contribution >= 0.6 is 0 Å². The standard InChI is InChI=1S/C14H20N2O3/c1-14(2,16(3)4)9-15-12(17)10-7-5-6-8-11(10)13(18)19/h5-8H,9H2,1-4H3,(H,15,17)(H,18,19). The number of carbonyl (C=O) groups is 2. The van der Waals surface area contributed by atoms with Gasteiger partial charge in [-0.1, -0.05) is 12.1 Å². The molecule has 0 saturated carbocycles. The summed E-state index contributed by atoms with van der Waals surface area (Å²) >= 11 is 0. The third kappa shape index (κ3) is 3.79. The number of aromatic carboxylic acids is 1. The molecular formula is C14H20N2O3. The number of carbonyl (C=O) groups excluding carboxylic acids is 1. The molecule has 0 heterocycles. The molecule has 0 saturated heterocycles. The molecule has 0 aromatic heterocycles. The molecule has 0 aliphatic rings. The maximum atomic E-state index is 12.0. The first-order valence-electron chi connectivity index (χ1n) is 6.03. The van der Waals surface area contributed by atoms with Gasteiger partial charge in [0, 0.05) is 12.1 Å². The molecule has 0 aliphatic heterocycles. The lowest BCUT2D eigenvalue weighted by Gasteiger charge is -2.32. The van der Waals surface area contributed by atoms with Crippen molar-refractivity contribution in [2.45, 2.75) is 19.4 Å². The molecule has 0 bridgehead atoms. The number of carboxylic acid groups (broad SMARTS) is 1. The highest BCUT2D eigenvalue weighted by Crippen LogP contribution is 2.11. The van der Waals surface area contributed by atoms with Crippen LogP contribution in [0.5, 0.6) is 0 Å². The number of benzene rings is 1. The van der Waals surface area contributed by atoms with Crippen LogP contribution in [0.3, 0.4) is 0 Å². The smallest absolute Gasteiger partial charge is 0.336 e. The van der Waals surface area contributed by atoms with Gasteiger partial charge in [0.15, 0.2) is 0 Å². The topological polar surface area (TPSA) is 69.6 Å². The molecule has 0 aliphatic carbocycles. The Kier molecular flexibility index (Phi) is 4.67. The Balaban J connectivity index is 2.83. The number of carboxylic acids is 1. The van der Waals surface area contributed by atoms with E-state index in [0.29, 0.717) is 6.54 Å². The van der Waals surface area contributed by atoms with Gasteiger partial charge in [-0.2, -0.15) is 0 Å². The Hall–Kier alpha value is -1.88. The van der Waals surface area contributed by atoms with Crippen molar-refractivity contribution in [3.8, 4) is 0 Å². The van der Waals surface area contributed by atoms with E-state index in [-0.39, 0.29) is 22.6 Å². The van der Waals surface area contributed by atoms with Crippen LogP contribution in [0.15, 0.2) is 24.3 Å². The van der Waals surface area contributed by atoms with Gasteiger partial charge in [-0.25, -0.2) is 4.79 Å². The summed E-state index contributed by atoms with van der Waals surface area (Å²) in [4.78, 5) is 25.1. The number of amides is 1. The van der Waals surface area contributed by atoms with Crippen LogP contribution in [0, 0.1) is 0 Å². The number of likely N-dealkylation sites (N-methyl/N-ethyl adjacent to an activating group) is 1. The second kappa shape index (κ2) is 5.84. The van der Waals surface area contributed by atoms with Crippen molar-refractivity contribution in [3.05, 3.63) is 35.4 Å². The highest BCUT2D eigenvalue weighted by Gasteiger charge is 2.22. The summed E-state index contributed by atoms with van der Waals surface area (Å²) in [6.07, 6.45) is 0. The van der Waals surface area contributed by atoms with Gasteiger partial charge >= 0.3 is 5.97 Å². The molecule has 0 fully saturated rings. The normalized spacial score (nSPS) is 11.4. The average Bonchev–Trinajstić information content (AvgIpc) is 2.35. The van der Waals surface area contributed by atoms with Crippen LogP contribution in [-0.2, 0) is 0 Å². The van der Waals surface area contributed by atoms with E-state index in [1.54, 1.807) is 12.1 Å². The van der Waals surface area contributed by atoms with Gasteiger partial charge in [-0.05, 0) is 40.1 Å². The first-order chi connectivity index (χ1) is 8.75. The SMILES string of the molecule is CN(C)C(C)(C)CNC(=O)c1ccccc1C(=O)O. The third-order valence-electron chi connectivity index (χ3n) is 3.29. The van der Waals surface area contributed by atoms with Crippen molar-refractivity contribution < 1.29 is 14.7 Å². The van der Waals surface area contributed by atoms with Crippen LogP contribution in [0.2, 0.25) is 0 Å². The summed E-state index contributed by atoms with van der Waals surface area (Å²) in [7, 11) is 3.86. The van der Waals surface area contributed by atoms with Crippen LogP contribution in [0.25, 0.3) is 0 Å². The van der Waals surface area contributed by atoms with E-state index in [1.807, 2.05) is 32.8 Å². The molecule has 1 amide bonds.